The number of hydrogen-bond donors (Lipinski definition) is 1. The largest absolute Gasteiger partial charge is 0.495 e. The molecule has 1 aliphatic carbocycles. The highest BCUT2D eigenvalue weighted by Gasteiger charge is 2.18. The quantitative estimate of drug-likeness (QED) is 0.896. The zero-order valence-corrected chi connectivity index (χ0v) is 10.9. The molecule has 92 valence electrons. The molecule has 2 rings (SSSR count). The molecule has 0 aliphatic heterocycles. The lowest BCUT2D eigenvalue weighted by Gasteiger charge is -2.21. The molecular weight excluding hydrogens is 234 g/mol. The van der Waals surface area contributed by atoms with Crippen molar-refractivity contribution in [3.8, 4) is 5.75 Å². The summed E-state index contributed by atoms with van der Waals surface area (Å²) in [4.78, 5) is 0. The molecule has 17 heavy (non-hydrogen) atoms. The van der Waals surface area contributed by atoms with Crippen molar-refractivity contribution in [2.24, 2.45) is 5.73 Å². The van der Waals surface area contributed by atoms with Crippen LogP contribution in [0.3, 0.4) is 0 Å². The van der Waals surface area contributed by atoms with Crippen molar-refractivity contribution < 1.29 is 4.74 Å². The first-order chi connectivity index (χ1) is 8.27. The van der Waals surface area contributed by atoms with Crippen LogP contribution in [-0.4, -0.2) is 13.7 Å². The molecule has 2 N–H and O–H groups in total. The first-order valence-corrected chi connectivity index (χ1v) is 6.40. The molecule has 1 aromatic carbocycles. The van der Waals surface area contributed by atoms with E-state index in [1.807, 2.05) is 12.2 Å². The van der Waals surface area contributed by atoms with Gasteiger partial charge in [-0.2, -0.15) is 0 Å². The third-order valence-electron chi connectivity index (χ3n) is 3.22. The lowest BCUT2D eigenvalue weighted by Crippen LogP contribution is -2.07. The molecule has 2 nitrogen and oxygen atoms in total. The van der Waals surface area contributed by atoms with Gasteiger partial charge in [0.2, 0.25) is 0 Å². The topological polar surface area (TPSA) is 35.2 Å². The number of nitrogens with two attached hydrogens (primary N) is 1. The van der Waals surface area contributed by atoms with E-state index in [0.29, 0.717) is 11.6 Å². The van der Waals surface area contributed by atoms with Gasteiger partial charge >= 0.3 is 0 Å². The van der Waals surface area contributed by atoms with E-state index in [0.717, 1.165) is 24.2 Å². The van der Waals surface area contributed by atoms with Crippen LogP contribution < -0.4 is 10.5 Å². The lowest BCUT2D eigenvalue weighted by atomic mass is 9.87. The summed E-state index contributed by atoms with van der Waals surface area (Å²) < 4.78 is 5.42. The van der Waals surface area contributed by atoms with Gasteiger partial charge in [-0.3, -0.25) is 0 Å². The Labute approximate surface area is 107 Å². The fourth-order valence-electron chi connectivity index (χ4n) is 2.45. The van der Waals surface area contributed by atoms with Crippen LogP contribution in [0, 0.1) is 0 Å². The van der Waals surface area contributed by atoms with Crippen LogP contribution in [0.2, 0.25) is 5.02 Å². The molecule has 0 aromatic heterocycles. The predicted molar refractivity (Wildman–Crippen MR) is 72.7 cm³/mol. The monoisotopic (exact) mass is 251 g/mol. The maximum absolute atomic E-state index is 6.26. The summed E-state index contributed by atoms with van der Waals surface area (Å²) in [7, 11) is 1.66. The number of ether oxygens (including phenoxy) is 1. The van der Waals surface area contributed by atoms with Gasteiger partial charge in [-0.25, -0.2) is 0 Å². The van der Waals surface area contributed by atoms with Crippen molar-refractivity contribution in [2.75, 3.05) is 13.7 Å². The molecule has 1 aliphatic rings. The van der Waals surface area contributed by atoms with Crippen LogP contribution in [0.25, 0.3) is 6.08 Å². The number of benzene rings is 1. The van der Waals surface area contributed by atoms with E-state index in [2.05, 4.69) is 6.07 Å². The second-order valence-corrected chi connectivity index (χ2v) is 4.70. The second-order valence-electron chi connectivity index (χ2n) is 4.29. The van der Waals surface area contributed by atoms with Gasteiger partial charge in [0, 0.05) is 12.1 Å². The highest BCUT2D eigenvalue weighted by molar-refractivity contribution is 6.32. The van der Waals surface area contributed by atoms with E-state index in [1.165, 1.54) is 24.0 Å². The maximum atomic E-state index is 6.26. The van der Waals surface area contributed by atoms with Gasteiger partial charge in [-0.15, -0.1) is 0 Å². The minimum absolute atomic E-state index is 0.532. The van der Waals surface area contributed by atoms with E-state index in [1.54, 1.807) is 7.11 Å². The number of methoxy groups -OCH3 is 1. The average Bonchev–Trinajstić information content (AvgIpc) is 2.35. The van der Waals surface area contributed by atoms with Crippen molar-refractivity contribution in [3.05, 3.63) is 33.9 Å². The Morgan fingerprint density at radius 3 is 2.88 bits per heavy atom. The van der Waals surface area contributed by atoms with Crippen molar-refractivity contribution in [1.82, 2.24) is 0 Å². The summed E-state index contributed by atoms with van der Waals surface area (Å²) in [6, 6.07) is 2.05. The molecule has 1 aromatic rings. The molecule has 0 bridgehead atoms. The normalized spacial score (nSPS) is 15.0. The van der Waals surface area contributed by atoms with Crippen LogP contribution in [-0.2, 0) is 12.8 Å². The number of rotatable bonds is 3. The molecule has 0 spiro atoms. The molecule has 0 saturated heterocycles. The first kappa shape index (κ1) is 12.5. The summed E-state index contributed by atoms with van der Waals surface area (Å²) >= 11 is 6.26. The molecule has 0 saturated carbocycles. The Bertz CT molecular complexity index is 440. The van der Waals surface area contributed by atoms with Gasteiger partial charge in [0.05, 0.1) is 12.1 Å². The molecule has 0 fully saturated rings. The third-order valence-corrected chi connectivity index (χ3v) is 3.50. The molecule has 0 radical (unpaired) electrons. The highest BCUT2D eigenvalue weighted by atomic mass is 35.5. The number of aryl methyl sites for hydroxylation is 1. The van der Waals surface area contributed by atoms with E-state index in [9.17, 15) is 0 Å². The molecular formula is C14H18ClNO. The van der Waals surface area contributed by atoms with Crippen LogP contribution in [0.15, 0.2) is 12.1 Å². The number of halogens is 1. The molecule has 0 atom stereocenters. The molecule has 0 amide bonds. The summed E-state index contributed by atoms with van der Waals surface area (Å²) in [5, 5.41) is 0.699. The third kappa shape index (κ3) is 2.48. The smallest absolute Gasteiger partial charge is 0.144 e. The van der Waals surface area contributed by atoms with Crippen LogP contribution >= 0.6 is 11.6 Å². The van der Waals surface area contributed by atoms with Gasteiger partial charge in [0.15, 0.2) is 0 Å². The lowest BCUT2D eigenvalue weighted by molar-refractivity contribution is 0.413. The van der Waals surface area contributed by atoms with E-state index in [-0.39, 0.29) is 0 Å². The summed E-state index contributed by atoms with van der Waals surface area (Å²) in [5.41, 5.74) is 9.37. The summed E-state index contributed by atoms with van der Waals surface area (Å²) in [6.07, 6.45) is 8.69. The van der Waals surface area contributed by atoms with Crippen molar-refractivity contribution in [3.63, 3.8) is 0 Å². The Morgan fingerprint density at radius 1 is 1.41 bits per heavy atom. The van der Waals surface area contributed by atoms with Crippen molar-refractivity contribution in [1.29, 1.82) is 0 Å². The highest BCUT2D eigenvalue weighted by Crippen LogP contribution is 2.37. The van der Waals surface area contributed by atoms with Gasteiger partial charge in [-0.05, 0) is 42.9 Å². The average molecular weight is 252 g/mol. The van der Waals surface area contributed by atoms with E-state index in [4.69, 9.17) is 22.1 Å². The molecule has 0 heterocycles. The van der Waals surface area contributed by atoms with E-state index < -0.39 is 0 Å². The standard InChI is InChI=1S/C14H18ClNO/c1-17-14-12(7-4-8-16)11-6-3-2-5-10(11)9-13(14)15/h4,7,9H,2-3,5-6,8,16H2,1H3/b7-4+. The predicted octanol–water partition coefficient (Wildman–Crippen LogP) is 3.20. The van der Waals surface area contributed by atoms with Gasteiger partial charge in [0.25, 0.3) is 0 Å². The van der Waals surface area contributed by atoms with Crippen molar-refractivity contribution >= 4 is 17.7 Å². The molecule has 3 heteroatoms. The zero-order chi connectivity index (χ0) is 12.3. The SMILES string of the molecule is COc1c(Cl)cc2c(c1/C=C/CN)CCCC2. The maximum Gasteiger partial charge on any atom is 0.144 e. The van der Waals surface area contributed by atoms with Crippen molar-refractivity contribution in [2.45, 2.75) is 25.7 Å². The Kier molecular flexibility index (Phi) is 4.08. The van der Waals surface area contributed by atoms with Crippen LogP contribution in [0.4, 0.5) is 0 Å². The zero-order valence-electron chi connectivity index (χ0n) is 10.1. The fraction of sp³-hybridized carbons (Fsp3) is 0.429. The van der Waals surface area contributed by atoms with Crippen LogP contribution in [0.5, 0.6) is 5.75 Å². The Hall–Kier alpha value is -0.990. The summed E-state index contributed by atoms with van der Waals surface area (Å²) in [6.45, 7) is 0.532. The Morgan fingerprint density at radius 2 is 2.18 bits per heavy atom. The summed E-state index contributed by atoms with van der Waals surface area (Å²) in [5.74, 6) is 0.775. The van der Waals surface area contributed by atoms with E-state index >= 15 is 0 Å². The van der Waals surface area contributed by atoms with Gasteiger partial charge < -0.3 is 10.5 Å². The fourth-order valence-corrected chi connectivity index (χ4v) is 2.76. The molecule has 0 unspecified atom stereocenters. The van der Waals surface area contributed by atoms with Gasteiger partial charge in [0.1, 0.15) is 5.75 Å². The van der Waals surface area contributed by atoms with Gasteiger partial charge in [-0.1, -0.05) is 23.8 Å². The minimum Gasteiger partial charge on any atom is -0.495 e. The van der Waals surface area contributed by atoms with Crippen LogP contribution in [0.1, 0.15) is 29.5 Å². The number of fused-ring (bicyclic) bond motifs is 1. The second kappa shape index (κ2) is 5.56. The minimum atomic E-state index is 0.532. The first-order valence-electron chi connectivity index (χ1n) is 6.02. The number of hydrogen-bond acceptors (Lipinski definition) is 2. The Balaban J connectivity index is 2.57.